The Labute approximate surface area is 171 Å². The van der Waals surface area contributed by atoms with E-state index in [0.29, 0.717) is 5.69 Å². The molecule has 8 heteroatoms. The van der Waals surface area contributed by atoms with Crippen LogP contribution in [0.1, 0.15) is 30.5 Å². The van der Waals surface area contributed by atoms with Crippen molar-refractivity contribution in [3.63, 3.8) is 0 Å². The predicted octanol–water partition coefficient (Wildman–Crippen LogP) is 2.85. The third-order valence-electron chi connectivity index (χ3n) is 4.32. The van der Waals surface area contributed by atoms with E-state index in [-0.39, 0.29) is 4.90 Å². The Morgan fingerprint density at radius 3 is 2.10 bits per heavy atom. The molecule has 0 spiro atoms. The molecule has 0 aliphatic carbocycles. The van der Waals surface area contributed by atoms with Gasteiger partial charge in [-0.2, -0.15) is 4.72 Å². The van der Waals surface area contributed by atoms with Crippen molar-refractivity contribution in [3.05, 3.63) is 59.2 Å². The molecule has 0 fully saturated rings. The topological polar surface area (TPSA) is 102 Å². The molecule has 156 valence electrons. The summed E-state index contributed by atoms with van der Waals surface area (Å²) in [6.45, 7) is 8.44. The molecule has 2 aromatic rings. The number of hydrogen-bond acceptors (Lipinski definition) is 5. The van der Waals surface area contributed by atoms with E-state index >= 15 is 0 Å². The first-order valence-electron chi connectivity index (χ1n) is 9.17. The number of carbonyl (C=O) groups excluding carboxylic acids is 2. The number of hydrogen-bond donors (Lipinski definition) is 2. The van der Waals surface area contributed by atoms with Crippen LogP contribution in [0.25, 0.3) is 0 Å². The number of nitrogens with one attached hydrogen (secondary N) is 2. The van der Waals surface area contributed by atoms with E-state index in [4.69, 9.17) is 4.74 Å². The number of aryl methyl sites for hydroxylation is 3. The summed E-state index contributed by atoms with van der Waals surface area (Å²) in [5.41, 5.74) is 3.49. The van der Waals surface area contributed by atoms with E-state index in [2.05, 4.69) is 10.0 Å². The van der Waals surface area contributed by atoms with Crippen LogP contribution in [-0.2, 0) is 24.3 Å². The maximum absolute atomic E-state index is 12.4. The predicted molar refractivity (Wildman–Crippen MR) is 111 cm³/mol. The first-order valence-corrected chi connectivity index (χ1v) is 10.7. The second-order valence-electron chi connectivity index (χ2n) is 7.04. The smallest absolute Gasteiger partial charge is 0.324 e. The highest BCUT2D eigenvalue weighted by molar-refractivity contribution is 7.89. The summed E-state index contributed by atoms with van der Waals surface area (Å²) < 4.78 is 32.2. The molecule has 0 aromatic heterocycles. The van der Waals surface area contributed by atoms with Gasteiger partial charge in [-0.1, -0.05) is 35.4 Å². The molecule has 29 heavy (non-hydrogen) atoms. The number of carbonyl (C=O) groups is 2. The monoisotopic (exact) mass is 418 g/mol. The second kappa shape index (κ2) is 9.19. The molecule has 0 aliphatic rings. The van der Waals surface area contributed by atoms with E-state index in [1.807, 2.05) is 32.9 Å². The molecule has 0 radical (unpaired) electrons. The van der Waals surface area contributed by atoms with Crippen LogP contribution in [0.3, 0.4) is 0 Å². The van der Waals surface area contributed by atoms with Gasteiger partial charge in [-0.25, -0.2) is 8.42 Å². The number of benzene rings is 2. The SMILES string of the molecule is Cc1ccc(S(=O)(=O)N[C@@H](C)C(=O)O[C@H](C)C(=O)Nc2ccc(C)cc2C)cc1. The first-order chi connectivity index (χ1) is 13.5. The summed E-state index contributed by atoms with van der Waals surface area (Å²) in [7, 11) is -3.89. The summed E-state index contributed by atoms with van der Waals surface area (Å²) in [5, 5.41) is 2.71. The Hall–Kier alpha value is -2.71. The van der Waals surface area contributed by atoms with Gasteiger partial charge in [-0.3, -0.25) is 9.59 Å². The lowest BCUT2D eigenvalue weighted by atomic mass is 10.1. The second-order valence-corrected chi connectivity index (χ2v) is 8.76. The Kier molecular flexibility index (Phi) is 7.16. The van der Waals surface area contributed by atoms with Gasteiger partial charge < -0.3 is 10.1 Å². The lowest BCUT2D eigenvalue weighted by Crippen LogP contribution is -2.42. The molecule has 0 bridgehead atoms. The van der Waals surface area contributed by atoms with Crippen LogP contribution < -0.4 is 10.0 Å². The van der Waals surface area contributed by atoms with Gasteiger partial charge >= 0.3 is 5.97 Å². The van der Waals surface area contributed by atoms with E-state index in [0.717, 1.165) is 16.7 Å². The molecule has 1 amide bonds. The van der Waals surface area contributed by atoms with Gasteiger partial charge in [0.15, 0.2) is 6.10 Å². The molecule has 2 atom stereocenters. The third kappa shape index (κ3) is 6.13. The minimum atomic E-state index is -3.89. The minimum absolute atomic E-state index is 0.0448. The highest BCUT2D eigenvalue weighted by atomic mass is 32.2. The highest BCUT2D eigenvalue weighted by Crippen LogP contribution is 2.17. The molecule has 0 unspecified atom stereocenters. The van der Waals surface area contributed by atoms with Crippen LogP contribution in [0.15, 0.2) is 47.4 Å². The lowest BCUT2D eigenvalue weighted by molar-refractivity contribution is -0.154. The van der Waals surface area contributed by atoms with E-state index in [1.54, 1.807) is 18.2 Å². The fourth-order valence-electron chi connectivity index (χ4n) is 2.58. The highest BCUT2D eigenvalue weighted by Gasteiger charge is 2.26. The Bertz CT molecular complexity index is 1000. The number of sulfonamides is 1. The fraction of sp³-hybridized carbons (Fsp3) is 0.333. The van der Waals surface area contributed by atoms with Gasteiger partial charge in [-0.15, -0.1) is 0 Å². The average Bonchev–Trinajstić information content (AvgIpc) is 2.63. The molecular formula is C21H26N2O5S. The van der Waals surface area contributed by atoms with E-state index in [1.165, 1.54) is 26.0 Å². The summed E-state index contributed by atoms with van der Waals surface area (Å²) in [6, 6.07) is 10.6. The molecule has 2 aromatic carbocycles. The van der Waals surface area contributed by atoms with E-state index < -0.39 is 34.0 Å². The first kappa shape index (κ1) is 22.6. The molecule has 0 heterocycles. The van der Waals surface area contributed by atoms with Crippen molar-refractivity contribution in [1.82, 2.24) is 4.72 Å². The molecule has 0 saturated heterocycles. The normalized spacial score (nSPS) is 13.4. The summed E-state index contributed by atoms with van der Waals surface area (Å²) >= 11 is 0. The Morgan fingerprint density at radius 2 is 1.52 bits per heavy atom. The van der Waals surface area contributed by atoms with Gasteiger partial charge in [-0.05, 0) is 58.4 Å². The Morgan fingerprint density at radius 1 is 0.931 bits per heavy atom. The van der Waals surface area contributed by atoms with Crippen LogP contribution in [0.4, 0.5) is 5.69 Å². The maximum atomic E-state index is 12.4. The number of rotatable bonds is 7. The van der Waals surface area contributed by atoms with Crippen LogP contribution in [0.2, 0.25) is 0 Å². The zero-order valence-corrected chi connectivity index (χ0v) is 18.0. The van der Waals surface area contributed by atoms with Crippen molar-refractivity contribution in [1.29, 1.82) is 0 Å². The lowest BCUT2D eigenvalue weighted by Gasteiger charge is -2.18. The van der Waals surface area contributed by atoms with E-state index in [9.17, 15) is 18.0 Å². The zero-order valence-electron chi connectivity index (χ0n) is 17.1. The van der Waals surface area contributed by atoms with Crippen molar-refractivity contribution >= 4 is 27.6 Å². The van der Waals surface area contributed by atoms with Crippen LogP contribution in [0.5, 0.6) is 0 Å². The molecule has 7 nitrogen and oxygen atoms in total. The van der Waals surface area contributed by atoms with Gasteiger partial charge in [0.25, 0.3) is 5.91 Å². The number of anilines is 1. The largest absolute Gasteiger partial charge is 0.451 e. The van der Waals surface area contributed by atoms with Crippen LogP contribution in [-0.4, -0.2) is 32.4 Å². The minimum Gasteiger partial charge on any atom is -0.451 e. The van der Waals surface area contributed by atoms with Crippen molar-refractivity contribution in [3.8, 4) is 0 Å². The molecular weight excluding hydrogens is 392 g/mol. The van der Waals surface area contributed by atoms with Gasteiger partial charge in [0.2, 0.25) is 10.0 Å². The van der Waals surface area contributed by atoms with Crippen molar-refractivity contribution in [2.75, 3.05) is 5.32 Å². The zero-order chi connectivity index (χ0) is 21.8. The molecule has 0 aliphatic heterocycles. The molecule has 2 N–H and O–H groups in total. The molecule has 0 saturated carbocycles. The summed E-state index contributed by atoms with van der Waals surface area (Å²) in [4.78, 5) is 24.6. The fourth-order valence-corrected chi connectivity index (χ4v) is 3.78. The van der Waals surface area contributed by atoms with Gasteiger partial charge in [0, 0.05) is 5.69 Å². The summed E-state index contributed by atoms with van der Waals surface area (Å²) in [6.07, 6.45) is -1.09. The third-order valence-corrected chi connectivity index (χ3v) is 5.88. The summed E-state index contributed by atoms with van der Waals surface area (Å²) in [5.74, 6) is -1.34. The van der Waals surface area contributed by atoms with Crippen LogP contribution >= 0.6 is 0 Å². The molecule has 2 rings (SSSR count). The van der Waals surface area contributed by atoms with Crippen molar-refractivity contribution in [2.24, 2.45) is 0 Å². The maximum Gasteiger partial charge on any atom is 0.324 e. The van der Waals surface area contributed by atoms with Gasteiger partial charge in [0.1, 0.15) is 6.04 Å². The Balaban J connectivity index is 1.97. The average molecular weight is 419 g/mol. The standard InChI is InChI=1S/C21H26N2O5S/c1-13-6-9-18(10-7-13)29(26,27)23-16(4)21(25)28-17(5)20(24)22-19-11-8-14(2)12-15(19)3/h6-12,16-17,23H,1-5H3,(H,22,24)/t16-,17+/m0/s1. The number of amides is 1. The van der Waals surface area contributed by atoms with Crippen molar-refractivity contribution < 1.29 is 22.7 Å². The number of esters is 1. The van der Waals surface area contributed by atoms with Gasteiger partial charge in [0.05, 0.1) is 4.90 Å². The van der Waals surface area contributed by atoms with Crippen LogP contribution in [0, 0.1) is 20.8 Å². The number of ether oxygens (including phenoxy) is 1. The quantitative estimate of drug-likeness (QED) is 0.673. The van der Waals surface area contributed by atoms with Crippen molar-refractivity contribution in [2.45, 2.75) is 51.7 Å².